The van der Waals surface area contributed by atoms with Crippen molar-refractivity contribution in [2.24, 2.45) is 0 Å². The van der Waals surface area contributed by atoms with E-state index in [1.54, 1.807) is 18.2 Å². The second kappa shape index (κ2) is 4.96. The van der Waals surface area contributed by atoms with Gasteiger partial charge in [0, 0.05) is 18.3 Å². The molecule has 94 valence electrons. The van der Waals surface area contributed by atoms with Crippen molar-refractivity contribution in [3.63, 3.8) is 0 Å². The third-order valence-electron chi connectivity index (χ3n) is 2.64. The van der Waals surface area contributed by atoms with Crippen LogP contribution in [0.4, 0.5) is 10.1 Å². The Kier molecular flexibility index (Phi) is 3.37. The number of halogens is 1. The summed E-state index contributed by atoms with van der Waals surface area (Å²) in [6.45, 7) is 2.27. The Bertz CT molecular complexity index is 549. The highest BCUT2D eigenvalue weighted by atomic mass is 19.1. The number of rotatable bonds is 3. The van der Waals surface area contributed by atoms with Crippen molar-refractivity contribution in [3.8, 4) is 11.5 Å². The topological polar surface area (TPSA) is 52.5 Å². The van der Waals surface area contributed by atoms with E-state index < -0.39 is 5.82 Å². The van der Waals surface area contributed by atoms with E-state index in [2.05, 4.69) is 5.32 Å². The van der Waals surface area contributed by atoms with E-state index >= 15 is 0 Å². The fraction of sp³-hybridized carbons (Fsp3) is 0.143. The first-order valence-electron chi connectivity index (χ1n) is 5.56. The van der Waals surface area contributed by atoms with Crippen molar-refractivity contribution >= 4 is 5.69 Å². The zero-order valence-corrected chi connectivity index (χ0v) is 9.94. The van der Waals surface area contributed by atoms with E-state index in [4.69, 9.17) is 0 Å². The van der Waals surface area contributed by atoms with Gasteiger partial charge in [-0.05, 0) is 48.4 Å². The number of hydrogen-bond donors (Lipinski definition) is 3. The van der Waals surface area contributed by atoms with Gasteiger partial charge >= 0.3 is 0 Å². The summed E-state index contributed by atoms with van der Waals surface area (Å²) in [6.07, 6.45) is 0. The van der Waals surface area contributed by atoms with E-state index in [-0.39, 0.29) is 11.5 Å². The Morgan fingerprint density at radius 3 is 2.50 bits per heavy atom. The molecule has 0 aromatic heterocycles. The maximum Gasteiger partial charge on any atom is 0.127 e. The summed E-state index contributed by atoms with van der Waals surface area (Å²) in [6, 6.07) is 8.91. The van der Waals surface area contributed by atoms with Gasteiger partial charge in [-0.25, -0.2) is 4.39 Å². The van der Waals surface area contributed by atoms with Gasteiger partial charge in [0.05, 0.1) is 0 Å². The van der Waals surface area contributed by atoms with Gasteiger partial charge in [-0.2, -0.15) is 0 Å². The van der Waals surface area contributed by atoms with Crippen LogP contribution < -0.4 is 5.32 Å². The first kappa shape index (κ1) is 12.2. The third kappa shape index (κ3) is 2.91. The zero-order valence-electron chi connectivity index (χ0n) is 9.94. The maximum atomic E-state index is 13.1. The monoisotopic (exact) mass is 247 g/mol. The van der Waals surface area contributed by atoms with E-state index in [0.29, 0.717) is 12.1 Å². The molecule has 3 nitrogen and oxygen atoms in total. The van der Waals surface area contributed by atoms with Crippen molar-refractivity contribution in [1.82, 2.24) is 0 Å². The summed E-state index contributed by atoms with van der Waals surface area (Å²) in [5.41, 5.74) is 2.41. The predicted molar refractivity (Wildman–Crippen MR) is 68.2 cm³/mol. The lowest BCUT2D eigenvalue weighted by atomic mass is 10.1. The Labute approximate surface area is 105 Å². The molecule has 0 atom stereocenters. The number of nitrogens with one attached hydrogen (secondary N) is 1. The largest absolute Gasteiger partial charge is 0.508 e. The minimum atomic E-state index is -0.464. The minimum absolute atomic E-state index is 0.0887. The van der Waals surface area contributed by atoms with Gasteiger partial charge in [-0.1, -0.05) is 0 Å². The standard InChI is InChI=1S/C14H14FNO2/c1-9-4-12(17)2-3-14(9)16-8-10-5-11(15)7-13(18)6-10/h2-7,16-18H,8H2,1H3. The maximum absolute atomic E-state index is 13.1. The molecule has 0 aliphatic rings. The first-order chi connectivity index (χ1) is 8.54. The van der Waals surface area contributed by atoms with Crippen LogP contribution in [0.1, 0.15) is 11.1 Å². The normalized spacial score (nSPS) is 10.3. The number of anilines is 1. The molecule has 0 bridgehead atoms. The van der Waals surface area contributed by atoms with Crippen molar-refractivity contribution in [2.45, 2.75) is 13.5 Å². The van der Waals surface area contributed by atoms with Gasteiger partial charge in [0.2, 0.25) is 0 Å². The lowest BCUT2D eigenvalue weighted by Crippen LogP contribution is -2.01. The van der Waals surface area contributed by atoms with Crippen LogP contribution in [0, 0.1) is 12.7 Å². The lowest BCUT2D eigenvalue weighted by Gasteiger charge is -2.10. The molecule has 4 heteroatoms. The third-order valence-corrected chi connectivity index (χ3v) is 2.64. The molecule has 2 rings (SSSR count). The molecule has 0 radical (unpaired) electrons. The van der Waals surface area contributed by atoms with E-state index in [9.17, 15) is 14.6 Å². The van der Waals surface area contributed by atoms with E-state index in [1.165, 1.54) is 12.1 Å². The number of aromatic hydroxyl groups is 2. The number of benzene rings is 2. The van der Waals surface area contributed by atoms with Crippen molar-refractivity contribution in [3.05, 3.63) is 53.3 Å². The summed E-state index contributed by atoms with van der Waals surface area (Å²) < 4.78 is 13.1. The van der Waals surface area contributed by atoms with Gasteiger partial charge in [0.1, 0.15) is 17.3 Å². The molecule has 18 heavy (non-hydrogen) atoms. The average Bonchev–Trinajstić information content (AvgIpc) is 2.26. The Hall–Kier alpha value is -2.23. The number of hydrogen-bond acceptors (Lipinski definition) is 3. The Morgan fingerprint density at radius 2 is 1.83 bits per heavy atom. The van der Waals surface area contributed by atoms with E-state index in [0.717, 1.165) is 17.3 Å². The smallest absolute Gasteiger partial charge is 0.127 e. The molecule has 0 unspecified atom stereocenters. The summed E-state index contributed by atoms with van der Waals surface area (Å²) in [7, 11) is 0. The van der Waals surface area contributed by atoms with Crippen molar-refractivity contribution < 1.29 is 14.6 Å². The van der Waals surface area contributed by atoms with Crippen LogP contribution in [0.15, 0.2) is 36.4 Å². The quantitative estimate of drug-likeness (QED) is 0.730. The van der Waals surface area contributed by atoms with Crippen molar-refractivity contribution in [2.75, 3.05) is 5.32 Å². The molecular formula is C14H14FNO2. The molecule has 0 saturated carbocycles. The predicted octanol–water partition coefficient (Wildman–Crippen LogP) is 3.16. The summed E-state index contributed by atoms with van der Waals surface area (Å²) in [5.74, 6) is -0.343. The van der Waals surface area contributed by atoms with Crippen LogP contribution in [-0.4, -0.2) is 10.2 Å². The van der Waals surface area contributed by atoms with Gasteiger partial charge < -0.3 is 15.5 Å². The van der Waals surface area contributed by atoms with Crippen LogP contribution in [0.2, 0.25) is 0 Å². The van der Waals surface area contributed by atoms with Crippen LogP contribution in [0.25, 0.3) is 0 Å². The Balaban J connectivity index is 2.11. The van der Waals surface area contributed by atoms with Crippen molar-refractivity contribution in [1.29, 1.82) is 0 Å². The minimum Gasteiger partial charge on any atom is -0.508 e. The lowest BCUT2D eigenvalue weighted by molar-refractivity contribution is 0.468. The van der Waals surface area contributed by atoms with E-state index in [1.807, 2.05) is 6.92 Å². The molecule has 2 aromatic rings. The second-order valence-electron chi connectivity index (χ2n) is 4.17. The Morgan fingerprint density at radius 1 is 1.06 bits per heavy atom. The average molecular weight is 247 g/mol. The molecule has 3 N–H and O–H groups in total. The molecule has 0 fully saturated rings. The van der Waals surface area contributed by atoms with Crippen LogP contribution in [-0.2, 0) is 6.54 Å². The van der Waals surface area contributed by atoms with Crippen LogP contribution >= 0.6 is 0 Å². The fourth-order valence-corrected chi connectivity index (χ4v) is 1.78. The SMILES string of the molecule is Cc1cc(O)ccc1NCc1cc(O)cc(F)c1. The zero-order chi connectivity index (χ0) is 13.1. The summed E-state index contributed by atoms with van der Waals surface area (Å²) in [4.78, 5) is 0. The van der Waals surface area contributed by atoms with Gasteiger partial charge in [0.25, 0.3) is 0 Å². The molecule has 0 heterocycles. The molecule has 2 aromatic carbocycles. The molecule has 0 saturated heterocycles. The highest BCUT2D eigenvalue weighted by Gasteiger charge is 2.02. The van der Waals surface area contributed by atoms with Crippen LogP contribution in [0.3, 0.4) is 0 Å². The molecular weight excluding hydrogens is 233 g/mol. The van der Waals surface area contributed by atoms with Gasteiger partial charge in [-0.3, -0.25) is 0 Å². The van der Waals surface area contributed by atoms with Crippen LogP contribution in [0.5, 0.6) is 11.5 Å². The second-order valence-corrected chi connectivity index (χ2v) is 4.17. The first-order valence-corrected chi connectivity index (χ1v) is 5.56. The molecule has 0 amide bonds. The van der Waals surface area contributed by atoms with Gasteiger partial charge in [0.15, 0.2) is 0 Å². The summed E-state index contributed by atoms with van der Waals surface area (Å²) >= 11 is 0. The number of phenols is 2. The number of aryl methyl sites for hydroxylation is 1. The highest BCUT2D eigenvalue weighted by molar-refractivity contribution is 5.53. The molecule has 0 aliphatic heterocycles. The molecule has 0 spiro atoms. The summed E-state index contributed by atoms with van der Waals surface area (Å²) in [5, 5.41) is 21.7. The highest BCUT2D eigenvalue weighted by Crippen LogP contribution is 2.21. The number of phenolic OH excluding ortho intramolecular Hbond substituents is 2. The molecule has 0 aliphatic carbocycles. The van der Waals surface area contributed by atoms with Gasteiger partial charge in [-0.15, -0.1) is 0 Å². The fourth-order valence-electron chi connectivity index (χ4n) is 1.78.